The Morgan fingerprint density at radius 3 is 2.67 bits per heavy atom. The first-order valence-electron chi connectivity index (χ1n) is 7.99. The molecule has 0 aliphatic rings. The van der Waals surface area contributed by atoms with Gasteiger partial charge in [0.25, 0.3) is 0 Å². The van der Waals surface area contributed by atoms with E-state index in [4.69, 9.17) is 11.5 Å². The number of aromatic nitrogens is 3. The summed E-state index contributed by atoms with van der Waals surface area (Å²) in [6, 6.07) is 15.0. The van der Waals surface area contributed by atoms with Crippen LogP contribution in [0.2, 0.25) is 0 Å². The zero-order valence-corrected chi connectivity index (χ0v) is 13.5. The Labute approximate surface area is 139 Å². The van der Waals surface area contributed by atoms with E-state index in [1.54, 1.807) is 0 Å². The van der Waals surface area contributed by atoms with Crippen LogP contribution < -0.4 is 11.5 Å². The number of nitrogens with one attached hydrogen (secondary N) is 1. The Morgan fingerprint density at radius 2 is 1.83 bits per heavy atom. The maximum atomic E-state index is 6.04. The molecule has 0 radical (unpaired) electrons. The highest BCUT2D eigenvalue weighted by Crippen LogP contribution is 2.29. The number of aromatic amines is 1. The number of H-pyrrole nitrogens is 1. The molecule has 0 bridgehead atoms. The van der Waals surface area contributed by atoms with Gasteiger partial charge in [0.15, 0.2) is 0 Å². The number of anilines is 2. The monoisotopic (exact) mass is 317 g/mol. The Bertz CT molecular complexity index is 1030. The van der Waals surface area contributed by atoms with Crippen LogP contribution in [-0.4, -0.2) is 15.0 Å². The molecular weight excluding hydrogens is 298 g/mol. The molecule has 2 aromatic heterocycles. The molecule has 0 saturated heterocycles. The summed E-state index contributed by atoms with van der Waals surface area (Å²) in [6.45, 7) is 2.22. The van der Waals surface area contributed by atoms with Gasteiger partial charge < -0.3 is 16.5 Å². The van der Waals surface area contributed by atoms with Gasteiger partial charge in [-0.2, -0.15) is 9.97 Å². The average Bonchev–Trinajstić information content (AvgIpc) is 2.97. The van der Waals surface area contributed by atoms with E-state index in [1.807, 2.05) is 6.20 Å². The summed E-state index contributed by atoms with van der Waals surface area (Å²) in [6.07, 6.45) is 2.81. The van der Waals surface area contributed by atoms with Gasteiger partial charge in [-0.15, -0.1) is 0 Å². The second-order valence-corrected chi connectivity index (χ2v) is 6.22. The minimum Gasteiger partial charge on any atom is -0.383 e. The van der Waals surface area contributed by atoms with Crippen molar-refractivity contribution in [2.24, 2.45) is 0 Å². The zero-order valence-electron chi connectivity index (χ0n) is 13.5. The molecule has 4 rings (SSSR count). The molecule has 5 N–H and O–H groups in total. The van der Waals surface area contributed by atoms with Crippen LogP contribution in [-0.2, 0) is 6.42 Å². The topological polar surface area (TPSA) is 93.6 Å². The maximum Gasteiger partial charge on any atom is 0.223 e. The fraction of sp³-hybridized carbons (Fsp3) is 0.158. The molecule has 0 aliphatic heterocycles. The predicted molar refractivity (Wildman–Crippen MR) is 98.8 cm³/mol. The third-order valence-corrected chi connectivity index (χ3v) is 4.53. The van der Waals surface area contributed by atoms with Crippen molar-refractivity contribution >= 4 is 33.6 Å². The fourth-order valence-corrected chi connectivity index (χ4v) is 3.27. The first-order chi connectivity index (χ1) is 11.6. The van der Waals surface area contributed by atoms with Gasteiger partial charge in [-0.3, -0.25) is 0 Å². The van der Waals surface area contributed by atoms with E-state index in [9.17, 15) is 0 Å². The molecule has 2 heterocycles. The summed E-state index contributed by atoms with van der Waals surface area (Å²) >= 11 is 0. The van der Waals surface area contributed by atoms with Crippen LogP contribution in [0.15, 0.2) is 48.7 Å². The predicted octanol–water partition coefficient (Wildman–Crippen LogP) is 3.62. The highest BCUT2D eigenvalue weighted by atomic mass is 15.1. The molecule has 0 amide bonds. The Morgan fingerprint density at radius 1 is 1.04 bits per heavy atom. The molecule has 1 unspecified atom stereocenters. The Hall–Kier alpha value is -3.08. The molecule has 0 aliphatic carbocycles. The quantitative estimate of drug-likeness (QED) is 0.538. The van der Waals surface area contributed by atoms with Gasteiger partial charge in [0.1, 0.15) is 11.5 Å². The summed E-state index contributed by atoms with van der Waals surface area (Å²) in [5.41, 5.74) is 14.8. The molecule has 24 heavy (non-hydrogen) atoms. The van der Waals surface area contributed by atoms with E-state index in [0.29, 0.717) is 17.4 Å². The fourth-order valence-electron chi connectivity index (χ4n) is 3.27. The van der Waals surface area contributed by atoms with E-state index in [1.165, 1.54) is 16.3 Å². The van der Waals surface area contributed by atoms with Crippen LogP contribution in [0.4, 0.5) is 11.8 Å². The van der Waals surface area contributed by atoms with Crippen molar-refractivity contribution in [1.82, 2.24) is 15.0 Å². The van der Waals surface area contributed by atoms with E-state index in [0.717, 1.165) is 17.4 Å². The molecule has 0 fully saturated rings. The first kappa shape index (κ1) is 14.5. The standard InChI is InChI=1S/C19H19N5/c1-11(13-7-6-12-4-2-3-5-14(12)9-13)8-15-10-22-18-16(15)17(20)23-19(21)24-18/h2-7,9-11H,8H2,1H3,(H5,20,21,22,23,24). The average molecular weight is 317 g/mol. The number of hydrogen-bond acceptors (Lipinski definition) is 4. The number of fused-ring (bicyclic) bond motifs is 2. The molecular formula is C19H19N5. The number of nitrogens with zero attached hydrogens (tertiary/aromatic N) is 2. The van der Waals surface area contributed by atoms with Gasteiger partial charge in [-0.05, 0) is 34.2 Å². The lowest BCUT2D eigenvalue weighted by atomic mass is 9.92. The number of nitrogens with two attached hydrogens (primary N) is 2. The summed E-state index contributed by atoms with van der Waals surface area (Å²) < 4.78 is 0. The van der Waals surface area contributed by atoms with Crippen molar-refractivity contribution in [2.75, 3.05) is 11.5 Å². The van der Waals surface area contributed by atoms with Crippen LogP contribution in [0.5, 0.6) is 0 Å². The zero-order chi connectivity index (χ0) is 16.7. The van der Waals surface area contributed by atoms with Crippen molar-refractivity contribution < 1.29 is 0 Å². The van der Waals surface area contributed by atoms with Gasteiger partial charge in [-0.1, -0.05) is 49.4 Å². The van der Waals surface area contributed by atoms with Gasteiger partial charge in [0.05, 0.1) is 5.39 Å². The third kappa shape index (κ3) is 2.44. The smallest absolute Gasteiger partial charge is 0.223 e. The van der Waals surface area contributed by atoms with E-state index < -0.39 is 0 Å². The minimum absolute atomic E-state index is 0.191. The summed E-state index contributed by atoms with van der Waals surface area (Å²) in [4.78, 5) is 11.4. The van der Waals surface area contributed by atoms with Crippen molar-refractivity contribution in [3.63, 3.8) is 0 Å². The second-order valence-electron chi connectivity index (χ2n) is 6.22. The van der Waals surface area contributed by atoms with E-state index in [-0.39, 0.29) is 5.95 Å². The molecule has 2 aromatic carbocycles. The van der Waals surface area contributed by atoms with E-state index in [2.05, 4.69) is 64.3 Å². The maximum absolute atomic E-state index is 6.04. The van der Waals surface area contributed by atoms with Gasteiger partial charge in [0, 0.05) is 6.20 Å². The number of benzene rings is 2. The minimum atomic E-state index is 0.191. The van der Waals surface area contributed by atoms with Crippen LogP contribution in [0.25, 0.3) is 21.8 Å². The number of rotatable bonds is 3. The van der Waals surface area contributed by atoms with E-state index >= 15 is 0 Å². The molecule has 120 valence electrons. The van der Waals surface area contributed by atoms with Crippen molar-refractivity contribution in [2.45, 2.75) is 19.3 Å². The largest absolute Gasteiger partial charge is 0.383 e. The molecule has 5 heteroatoms. The number of nitrogen functional groups attached to an aromatic ring is 2. The number of hydrogen-bond donors (Lipinski definition) is 3. The summed E-state index contributed by atoms with van der Waals surface area (Å²) in [5, 5.41) is 3.39. The molecule has 1 atom stereocenters. The van der Waals surface area contributed by atoms with Crippen LogP contribution in [0, 0.1) is 0 Å². The third-order valence-electron chi connectivity index (χ3n) is 4.53. The molecule has 0 spiro atoms. The molecule has 0 saturated carbocycles. The molecule has 5 nitrogen and oxygen atoms in total. The highest BCUT2D eigenvalue weighted by Gasteiger charge is 2.14. The van der Waals surface area contributed by atoms with Crippen LogP contribution in [0.1, 0.15) is 24.0 Å². The van der Waals surface area contributed by atoms with Crippen molar-refractivity contribution in [1.29, 1.82) is 0 Å². The normalized spacial score (nSPS) is 12.7. The van der Waals surface area contributed by atoms with Gasteiger partial charge >= 0.3 is 0 Å². The lowest BCUT2D eigenvalue weighted by Gasteiger charge is -2.13. The summed E-state index contributed by atoms with van der Waals surface area (Å²) in [5.74, 6) is 0.973. The molecule has 4 aromatic rings. The van der Waals surface area contributed by atoms with Crippen LogP contribution in [0.3, 0.4) is 0 Å². The second kappa shape index (κ2) is 5.53. The first-order valence-corrected chi connectivity index (χ1v) is 7.99. The highest BCUT2D eigenvalue weighted by molar-refractivity contribution is 5.90. The Kier molecular flexibility index (Phi) is 3.34. The van der Waals surface area contributed by atoms with Gasteiger partial charge in [-0.25, -0.2) is 0 Å². The lowest BCUT2D eigenvalue weighted by Crippen LogP contribution is -2.02. The summed E-state index contributed by atoms with van der Waals surface area (Å²) in [7, 11) is 0. The van der Waals surface area contributed by atoms with Crippen molar-refractivity contribution in [3.8, 4) is 0 Å². The van der Waals surface area contributed by atoms with Crippen LogP contribution >= 0.6 is 0 Å². The SMILES string of the molecule is CC(Cc1c[nH]c2nc(N)nc(N)c12)c1ccc2ccccc2c1. The Balaban J connectivity index is 1.69. The van der Waals surface area contributed by atoms with Crippen molar-refractivity contribution in [3.05, 3.63) is 59.8 Å². The van der Waals surface area contributed by atoms with Gasteiger partial charge in [0.2, 0.25) is 5.95 Å². The lowest BCUT2D eigenvalue weighted by molar-refractivity contribution is 0.764.